The minimum Gasteiger partial charge on any atom is -0.473 e. The predicted molar refractivity (Wildman–Crippen MR) is 87.8 cm³/mol. The molecule has 0 fully saturated rings. The predicted octanol–water partition coefficient (Wildman–Crippen LogP) is 3.76. The van der Waals surface area contributed by atoms with Gasteiger partial charge in [-0.3, -0.25) is 0 Å². The second-order valence-corrected chi connectivity index (χ2v) is 5.56. The zero-order valence-electron chi connectivity index (χ0n) is 12.9. The molecule has 0 aliphatic carbocycles. The van der Waals surface area contributed by atoms with E-state index in [0.717, 1.165) is 16.5 Å². The molecule has 0 N–H and O–H groups in total. The van der Waals surface area contributed by atoms with Crippen LogP contribution in [0.5, 0.6) is 5.88 Å². The summed E-state index contributed by atoms with van der Waals surface area (Å²) in [7, 11) is 0. The summed E-state index contributed by atoms with van der Waals surface area (Å²) in [6, 6.07) is 16.1. The number of hydrogen-bond acceptors (Lipinski definition) is 3. The highest BCUT2D eigenvalue weighted by molar-refractivity contribution is 6.07. The third kappa shape index (κ3) is 2.18. The maximum atomic E-state index is 12.5. The molecule has 0 saturated heterocycles. The number of ether oxygens (including phenoxy) is 2. The largest absolute Gasteiger partial charge is 0.473 e. The van der Waals surface area contributed by atoms with E-state index in [4.69, 9.17) is 9.47 Å². The molecule has 4 heteroatoms. The Morgan fingerprint density at radius 3 is 2.70 bits per heavy atom. The Labute approximate surface area is 134 Å². The molecular formula is C19H17NO3. The summed E-state index contributed by atoms with van der Waals surface area (Å²) in [5.74, 6) is 0.268. The Kier molecular flexibility index (Phi) is 3.30. The molecule has 0 spiro atoms. The van der Waals surface area contributed by atoms with E-state index in [9.17, 15) is 4.79 Å². The highest BCUT2D eigenvalue weighted by atomic mass is 16.5. The highest BCUT2D eigenvalue weighted by Crippen LogP contribution is 2.36. The fourth-order valence-corrected chi connectivity index (χ4v) is 3.16. The van der Waals surface area contributed by atoms with Crippen molar-refractivity contribution in [3.63, 3.8) is 0 Å². The van der Waals surface area contributed by atoms with Crippen molar-refractivity contribution in [2.24, 2.45) is 0 Å². The molecule has 1 aliphatic rings. The first-order valence-corrected chi connectivity index (χ1v) is 7.77. The van der Waals surface area contributed by atoms with E-state index in [2.05, 4.69) is 16.7 Å². The highest BCUT2D eigenvalue weighted by Gasteiger charge is 2.27. The third-order valence-electron chi connectivity index (χ3n) is 4.21. The molecule has 23 heavy (non-hydrogen) atoms. The number of fused-ring (bicyclic) bond motifs is 4. The second kappa shape index (κ2) is 5.47. The summed E-state index contributed by atoms with van der Waals surface area (Å²) in [6.45, 7) is 3.30. The van der Waals surface area contributed by atoms with Crippen molar-refractivity contribution in [3.8, 4) is 5.88 Å². The molecule has 0 bridgehead atoms. The first-order valence-electron chi connectivity index (χ1n) is 7.77. The molecule has 0 radical (unpaired) electrons. The van der Waals surface area contributed by atoms with Crippen LogP contribution >= 0.6 is 0 Å². The Morgan fingerprint density at radius 1 is 1.13 bits per heavy atom. The Bertz CT molecular complexity index is 895. The van der Waals surface area contributed by atoms with Gasteiger partial charge in [0.05, 0.1) is 18.7 Å². The zero-order valence-corrected chi connectivity index (χ0v) is 12.9. The van der Waals surface area contributed by atoms with E-state index in [0.29, 0.717) is 31.2 Å². The summed E-state index contributed by atoms with van der Waals surface area (Å²) >= 11 is 0. The van der Waals surface area contributed by atoms with Gasteiger partial charge < -0.3 is 14.0 Å². The van der Waals surface area contributed by atoms with E-state index in [-0.39, 0.29) is 5.97 Å². The van der Waals surface area contributed by atoms with Crippen LogP contribution in [-0.2, 0) is 17.9 Å². The first-order chi connectivity index (χ1) is 11.3. The van der Waals surface area contributed by atoms with Gasteiger partial charge in [0.25, 0.3) is 0 Å². The summed E-state index contributed by atoms with van der Waals surface area (Å²) in [6.07, 6.45) is 0. The van der Waals surface area contributed by atoms with Crippen molar-refractivity contribution in [1.29, 1.82) is 0 Å². The molecule has 1 aliphatic heterocycles. The molecule has 0 amide bonds. The van der Waals surface area contributed by atoms with E-state index in [1.807, 2.05) is 43.3 Å². The summed E-state index contributed by atoms with van der Waals surface area (Å²) in [4.78, 5) is 12.5. The van der Waals surface area contributed by atoms with Crippen LogP contribution in [0.15, 0.2) is 48.5 Å². The molecule has 3 aromatic rings. The van der Waals surface area contributed by atoms with Gasteiger partial charge in [-0.25, -0.2) is 4.79 Å². The maximum Gasteiger partial charge on any atom is 0.344 e. The summed E-state index contributed by atoms with van der Waals surface area (Å²) in [5, 5.41) is 0.875. The normalized spacial score (nSPS) is 12.9. The molecule has 4 rings (SSSR count). The number of hydrogen-bond donors (Lipinski definition) is 0. The monoisotopic (exact) mass is 307 g/mol. The van der Waals surface area contributed by atoms with E-state index in [1.165, 1.54) is 5.56 Å². The van der Waals surface area contributed by atoms with Gasteiger partial charge in [-0.2, -0.15) is 0 Å². The average Bonchev–Trinajstić information content (AvgIpc) is 2.75. The van der Waals surface area contributed by atoms with Crippen molar-refractivity contribution < 1.29 is 14.3 Å². The number of aromatic nitrogens is 1. The van der Waals surface area contributed by atoms with Crippen LogP contribution in [0, 0.1) is 0 Å². The van der Waals surface area contributed by atoms with Gasteiger partial charge in [-0.1, -0.05) is 42.5 Å². The topological polar surface area (TPSA) is 40.5 Å². The van der Waals surface area contributed by atoms with Gasteiger partial charge in [0, 0.05) is 5.39 Å². The first kappa shape index (κ1) is 13.9. The summed E-state index contributed by atoms with van der Waals surface area (Å²) in [5.41, 5.74) is 3.87. The number of carbonyl (C=O) groups is 1. The van der Waals surface area contributed by atoms with E-state index in [1.54, 1.807) is 0 Å². The Morgan fingerprint density at radius 2 is 1.87 bits per heavy atom. The standard InChI is InChI=1S/C19H17NO3/c1-2-22-19(21)17-15-9-5-6-10-16(15)20-11-13-7-3-4-8-14(13)12-23-18(17)20/h3-10H,2,11-12H2,1H3. The van der Waals surface area contributed by atoms with Crippen molar-refractivity contribution in [3.05, 3.63) is 65.2 Å². The van der Waals surface area contributed by atoms with Crippen molar-refractivity contribution >= 4 is 16.9 Å². The van der Waals surface area contributed by atoms with Crippen LogP contribution in [0.1, 0.15) is 28.4 Å². The second-order valence-electron chi connectivity index (χ2n) is 5.56. The van der Waals surface area contributed by atoms with Crippen molar-refractivity contribution in [2.45, 2.75) is 20.1 Å². The molecule has 2 heterocycles. The number of rotatable bonds is 2. The lowest BCUT2D eigenvalue weighted by molar-refractivity contribution is 0.0523. The molecule has 0 saturated carbocycles. The third-order valence-corrected chi connectivity index (χ3v) is 4.21. The number of esters is 1. The van der Waals surface area contributed by atoms with Gasteiger partial charge in [-0.15, -0.1) is 0 Å². The smallest absolute Gasteiger partial charge is 0.344 e. The van der Waals surface area contributed by atoms with Crippen LogP contribution in [0.3, 0.4) is 0 Å². The van der Waals surface area contributed by atoms with Crippen LogP contribution in [0.4, 0.5) is 0 Å². The summed E-state index contributed by atoms with van der Waals surface area (Å²) < 4.78 is 13.3. The SMILES string of the molecule is CCOC(=O)c1c2n(c3ccccc13)Cc1ccccc1CO2. The lowest BCUT2D eigenvalue weighted by atomic mass is 10.1. The van der Waals surface area contributed by atoms with Crippen LogP contribution in [-0.4, -0.2) is 17.1 Å². The molecule has 4 nitrogen and oxygen atoms in total. The number of benzene rings is 2. The molecule has 0 unspecified atom stereocenters. The minimum absolute atomic E-state index is 0.330. The van der Waals surface area contributed by atoms with Gasteiger partial charge in [0.1, 0.15) is 12.2 Å². The fourth-order valence-electron chi connectivity index (χ4n) is 3.16. The number of carbonyl (C=O) groups excluding carboxylic acids is 1. The average molecular weight is 307 g/mol. The van der Waals surface area contributed by atoms with Crippen LogP contribution in [0.25, 0.3) is 10.9 Å². The van der Waals surface area contributed by atoms with Crippen molar-refractivity contribution in [2.75, 3.05) is 6.61 Å². The Balaban J connectivity index is 1.95. The fraction of sp³-hybridized carbons (Fsp3) is 0.211. The van der Waals surface area contributed by atoms with Gasteiger partial charge in [0.2, 0.25) is 5.88 Å². The lowest BCUT2D eigenvalue weighted by Gasteiger charge is -2.08. The minimum atomic E-state index is -0.330. The van der Waals surface area contributed by atoms with Gasteiger partial charge in [0.15, 0.2) is 0 Å². The molecule has 116 valence electrons. The van der Waals surface area contributed by atoms with Gasteiger partial charge >= 0.3 is 5.97 Å². The quantitative estimate of drug-likeness (QED) is 0.677. The molecule has 2 aromatic carbocycles. The molecule has 0 atom stereocenters. The van der Waals surface area contributed by atoms with E-state index >= 15 is 0 Å². The Hall–Kier alpha value is -2.75. The van der Waals surface area contributed by atoms with Crippen LogP contribution < -0.4 is 4.74 Å². The van der Waals surface area contributed by atoms with Gasteiger partial charge in [-0.05, 0) is 24.1 Å². The molecule has 1 aromatic heterocycles. The number of para-hydroxylation sites is 1. The lowest BCUT2D eigenvalue weighted by Crippen LogP contribution is -2.07. The van der Waals surface area contributed by atoms with Crippen molar-refractivity contribution in [1.82, 2.24) is 4.57 Å². The van der Waals surface area contributed by atoms with E-state index < -0.39 is 0 Å². The maximum absolute atomic E-state index is 12.5. The zero-order chi connectivity index (χ0) is 15.8. The molecular weight excluding hydrogens is 290 g/mol. The number of nitrogens with zero attached hydrogens (tertiary/aromatic N) is 1. The van der Waals surface area contributed by atoms with Crippen LogP contribution in [0.2, 0.25) is 0 Å².